The SMILES string of the molecule is CC(C)(C)OC(=O)NC1CCN(c2ncc(O)cn2)CC1. The predicted octanol–water partition coefficient (Wildman–Crippen LogP) is 1.68. The second-order valence-corrected chi connectivity index (χ2v) is 6.15. The van der Waals surface area contributed by atoms with E-state index in [1.807, 2.05) is 25.7 Å². The van der Waals surface area contributed by atoms with Crippen LogP contribution < -0.4 is 10.2 Å². The Balaban J connectivity index is 1.80. The van der Waals surface area contributed by atoms with E-state index >= 15 is 0 Å². The molecule has 2 N–H and O–H groups in total. The van der Waals surface area contributed by atoms with Crippen LogP contribution in [-0.2, 0) is 4.74 Å². The van der Waals surface area contributed by atoms with Gasteiger partial charge < -0.3 is 20.1 Å². The number of piperidine rings is 1. The minimum absolute atomic E-state index is 0.0558. The number of carbonyl (C=O) groups excluding carboxylic acids is 1. The first-order valence-electron chi connectivity index (χ1n) is 7.09. The summed E-state index contributed by atoms with van der Waals surface area (Å²) in [4.78, 5) is 21.9. The van der Waals surface area contributed by atoms with Crippen molar-refractivity contribution in [3.05, 3.63) is 12.4 Å². The fourth-order valence-electron chi connectivity index (χ4n) is 2.18. The second kappa shape index (κ2) is 6.15. The van der Waals surface area contributed by atoms with Gasteiger partial charge in [-0.05, 0) is 33.6 Å². The molecule has 1 aliphatic rings. The molecule has 0 saturated carbocycles. The van der Waals surface area contributed by atoms with E-state index in [1.165, 1.54) is 12.4 Å². The smallest absolute Gasteiger partial charge is 0.407 e. The van der Waals surface area contributed by atoms with Crippen LogP contribution in [0.4, 0.5) is 10.7 Å². The maximum absolute atomic E-state index is 11.7. The maximum atomic E-state index is 11.7. The molecule has 0 spiro atoms. The normalized spacial score (nSPS) is 16.6. The van der Waals surface area contributed by atoms with Gasteiger partial charge in [0.1, 0.15) is 5.60 Å². The molecule has 116 valence electrons. The van der Waals surface area contributed by atoms with Crippen LogP contribution in [0.3, 0.4) is 0 Å². The molecule has 2 rings (SSSR count). The highest BCUT2D eigenvalue weighted by atomic mass is 16.6. The van der Waals surface area contributed by atoms with Gasteiger partial charge in [-0.3, -0.25) is 0 Å². The molecule has 1 fully saturated rings. The summed E-state index contributed by atoms with van der Waals surface area (Å²) in [6.07, 6.45) is 4.01. The summed E-state index contributed by atoms with van der Waals surface area (Å²) in [5.41, 5.74) is -0.481. The fourth-order valence-corrected chi connectivity index (χ4v) is 2.18. The van der Waals surface area contributed by atoms with E-state index in [4.69, 9.17) is 4.74 Å². The number of anilines is 1. The number of hydrogen-bond donors (Lipinski definition) is 2. The van der Waals surface area contributed by atoms with Gasteiger partial charge in [-0.2, -0.15) is 0 Å². The van der Waals surface area contributed by atoms with Crippen LogP contribution in [0.25, 0.3) is 0 Å². The molecule has 1 aliphatic heterocycles. The molecule has 1 aromatic heterocycles. The molecule has 2 heterocycles. The van der Waals surface area contributed by atoms with Crippen molar-refractivity contribution in [1.82, 2.24) is 15.3 Å². The molecule has 0 radical (unpaired) electrons. The molecular weight excluding hydrogens is 272 g/mol. The Labute approximate surface area is 124 Å². The summed E-state index contributed by atoms with van der Waals surface area (Å²) in [7, 11) is 0. The van der Waals surface area contributed by atoms with Crippen molar-refractivity contribution in [2.45, 2.75) is 45.3 Å². The van der Waals surface area contributed by atoms with E-state index < -0.39 is 5.60 Å². The van der Waals surface area contributed by atoms with Crippen molar-refractivity contribution in [2.24, 2.45) is 0 Å². The van der Waals surface area contributed by atoms with E-state index in [0.29, 0.717) is 5.95 Å². The Bertz CT molecular complexity index is 476. The largest absolute Gasteiger partial charge is 0.505 e. The first-order valence-corrected chi connectivity index (χ1v) is 7.09. The molecule has 0 atom stereocenters. The fraction of sp³-hybridized carbons (Fsp3) is 0.643. The number of aromatic nitrogens is 2. The number of alkyl carbamates (subject to hydrolysis) is 1. The predicted molar refractivity (Wildman–Crippen MR) is 78.3 cm³/mol. The van der Waals surface area contributed by atoms with Gasteiger partial charge in [0, 0.05) is 19.1 Å². The minimum atomic E-state index is -0.481. The van der Waals surface area contributed by atoms with Crippen LogP contribution in [0.2, 0.25) is 0 Å². The third-order valence-electron chi connectivity index (χ3n) is 3.12. The van der Waals surface area contributed by atoms with Crippen LogP contribution in [-0.4, -0.2) is 45.9 Å². The molecule has 0 bridgehead atoms. The summed E-state index contributed by atoms with van der Waals surface area (Å²) in [5, 5.41) is 12.1. The molecule has 7 nitrogen and oxygen atoms in total. The average molecular weight is 294 g/mol. The lowest BCUT2D eigenvalue weighted by Gasteiger charge is -2.32. The van der Waals surface area contributed by atoms with E-state index in [2.05, 4.69) is 15.3 Å². The van der Waals surface area contributed by atoms with Gasteiger partial charge in [-0.1, -0.05) is 0 Å². The number of rotatable bonds is 2. The Morgan fingerprint density at radius 1 is 1.33 bits per heavy atom. The Kier molecular flexibility index (Phi) is 4.50. The standard InChI is InChI=1S/C14H22N4O3/c1-14(2,3)21-13(20)17-10-4-6-18(7-5-10)12-15-8-11(19)9-16-12/h8-10,19H,4-7H2,1-3H3,(H,17,20). The first kappa shape index (κ1) is 15.3. The molecule has 0 aromatic carbocycles. The van der Waals surface area contributed by atoms with Crippen LogP contribution >= 0.6 is 0 Å². The topological polar surface area (TPSA) is 87.6 Å². The minimum Gasteiger partial charge on any atom is -0.505 e. The van der Waals surface area contributed by atoms with Crippen LogP contribution in [0.1, 0.15) is 33.6 Å². The van der Waals surface area contributed by atoms with E-state index in [1.54, 1.807) is 0 Å². The third-order valence-corrected chi connectivity index (χ3v) is 3.12. The molecule has 1 aromatic rings. The summed E-state index contributed by atoms with van der Waals surface area (Å²) < 4.78 is 5.25. The Hall–Kier alpha value is -2.05. The van der Waals surface area contributed by atoms with Gasteiger partial charge in [0.25, 0.3) is 0 Å². The zero-order chi connectivity index (χ0) is 15.5. The number of amides is 1. The summed E-state index contributed by atoms with van der Waals surface area (Å²) in [5.74, 6) is 0.656. The van der Waals surface area contributed by atoms with Crippen molar-refractivity contribution < 1.29 is 14.6 Å². The van der Waals surface area contributed by atoms with Crippen molar-refractivity contribution in [3.63, 3.8) is 0 Å². The highest BCUT2D eigenvalue weighted by molar-refractivity contribution is 5.68. The van der Waals surface area contributed by atoms with Gasteiger partial charge >= 0.3 is 6.09 Å². The van der Waals surface area contributed by atoms with E-state index in [-0.39, 0.29) is 17.9 Å². The molecule has 0 aliphatic carbocycles. The number of nitrogens with zero attached hydrogens (tertiary/aromatic N) is 3. The van der Waals surface area contributed by atoms with Crippen LogP contribution in [0.5, 0.6) is 5.75 Å². The van der Waals surface area contributed by atoms with Gasteiger partial charge in [0.15, 0.2) is 5.75 Å². The number of hydrogen-bond acceptors (Lipinski definition) is 6. The average Bonchev–Trinajstić information content (AvgIpc) is 2.38. The number of carbonyl (C=O) groups is 1. The van der Waals surface area contributed by atoms with Gasteiger partial charge in [-0.15, -0.1) is 0 Å². The van der Waals surface area contributed by atoms with E-state index in [0.717, 1.165) is 25.9 Å². The Morgan fingerprint density at radius 2 is 1.90 bits per heavy atom. The van der Waals surface area contributed by atoms with Crippen molar-refractivity contribution in [3.8, 4) is 5.75 Å². The van der Waals surface area contributed by atoms with Crippen molar-refractivity contribution >= 4 is 12.0 Å². The summed E-state index contributed by atoms with van der Waals surface area (Å²) in [6, 6.07) is 0.105. The molecular formula is C14H22N4O3. The maximum Gasteiger partial charge on any atom is 0.407 e. The summed E-state index contributed by atoms with van der Waals surface area (Å²) >= 11 is 0. The molecule has 1 saturated heterocycles. The van der Waals surface area contributed by atoms with Crippen LogP contribution in [0, 0.1) is 0 Å². The number of ether oxygens (including phenoxy) is 1. The highest BCUT2D eigenvalue weighted by Crippen LogP contribution is 2.17. The van der Waals surface area contributed by atoms with E-state index in [9.17, 15) is 9.90 Å². The van der Waals surface area contributed by atoms with Gasteiger partial charge in [0.2, 0.25) is 5.95 Å². The lowest BCUT2D eigenvalue weighted by Crippen LogP contribution is -2.46. The van der Waals surface area contributed by atoms with Crippen molar-refractivity contribution in [1.29, 1.82) is 0 Å². The Morgan fingerprint density at radius 3 is 2.43 bits per heavy atom. The molecule has 7 heteroatoms. The van der Waals surface area contributed by atoms with Crippen molar-refractivity contribution in [2.75, 3.05) is 18.0 Å². The number of nitrogens with one attached hydrogen (secondary N) is 1. The molecule has 1 amide bonds. The molecule has 0 unspecified atom stereocenters. The van der Waals surface area contributed by atoms with Gasteiger partial charge in [-0.25, -0.2) is 14.8 Å². The third kappa shape index (κ3) is 4.77. The summed E-state index contributed by atoms with van der Waals surface area (Å²) in [6.45, 7) is 7.04. The lowest BCUT2D eigenvalue weighted by molar-refractivity contribution is 0.0497. The zero-order valence-electron chi connectivity index (χ0n) is 12.7. The second-order valence-electron chi connectivity index (χ2n) is 6.15. The zero-order valence-corrected chi connectivity index (χ0v) is 12.7. The highest BCUT2D eigenvalue weighted by Gasteiger charge is 2.24. The monoisotopic (exact) mass is 294 g/mol. The molecule has 21 heavy (non-hydrogen) atoms. The quantitative estimate of drug-likeness (QED) is 0.863. The lowest BCUT2D eigenvalue weighted by atomic mass is 10.1. The first-order chi connectivity index (χ1) is 9.83. The van der Waals surface area contributed by atoms with Crippen LogP contribution in [0.15, 0.2) is 12.4 Å². The van der Waals surface area contributed by atoms with Gasteiger partial charge in [0.05, 0.1) is 12.4 Å². The number of aromatic hydroxyl groups is 1.